The lowest BCUT2D eigenvalue weighted by molar-refractivity contribution is -0.125. The van der Waals surface area contributed by atoms with E-state index in [9.17, 15) is 18.0 Å². The van der Waals surface area contributed by atoms with Gasteiger partial charge in [0.15, 0.2) is 6.17 Å². The SMILES string of the molecule is CC(=O)N(C)[Si](C)(C)C(F)(F)C(C)F. The maximum absolute atomic E-state index is 13.4. The molecule has 1 amide bonds. The van der Waals surface area contributed by atoms with Gasteiger partial charge in [0.25, 0.3) is 5.55 Å². The van der Waals surface area contributed by atoms with E-state index >= 15 is 0 Å². The van der Waals surface area contributed by atoms with Crippen molar-refractivity contribution in [1.29, 1.82) is 0 Å². The fourth-order valence-corrected chi connectivity index (χ4v) is 3.31. The van der Waals surface area contributed by atoms with Gasteiger partial charge >= 0.3 is 0 Å². The molecule has 1 unspecified atom stereocenters. The molecule has 0 bridgehead atoms. The lowest BCUT2D eigenvalue weighted by Gasteiger charge is -2.39. The number of hydrogen-bond donors (Lipinski definition) is 0. The minimum atomic E-state index is -3.42. The van der Waals surface area contributed by atoms with E-state index < -0.39 is 25.9 Å². The number of halogens is 3. The second-order valence-corrected chi connectivity index (χ2v) is 8.33. The minimum Gasteiger partial charge on any atom is -0.366 e. The molecule has 1 atom stereocenters. The van der Waals surface area contributed by atoms with Crippen LogP contribution in [0.4, 0.5) is 13.2 Å². The molecule has 0 rings (SSSR count). The van der Waals surface area contributed by atoms with Crippen LogP contribution >= 0.6 is 0 Å². The monoisotopic (exact) mass is 227 g/mol. The number of rotatable bonds is 3. The molecule has 0 saturated carbocycles. The van der Waals surface area contributed by atoms with Crippen LogP contribution < -0.4 is 0 Å². The summed E-state index contributed by atoms with van der Waals surface area (Å²) in [6.07, 6.45) is -2.23. The average molecular weight is 227 g/mol. The van der Waals surface area contributed by atoms with Crippen molar-refractivity contribution in [2.45, 2.75) is 38.7 Å². The van der Waals surface area contributed by atoms with E-state index in [-0.39, 0.29) is 0 Å². The largest absolute Gasteiger partial charge is 0.366 e. The van der Waals surface area contributed by atoms with Gasteiger partial charge in [-0.2, -0.15) is 0 Å². The van der Waals surface area contributed by atoms with Crippen LogP contribution in [0.3, 0.4) is 0 Å². The fraction of sp³-hybridized carbons (Fsp3) is 0.875. The lowest BCUT2D eigenvalue weighted by atomic mass is 10.5. The first-order valence-corrected chi connectivity index (χ1v) is 7.26. The van der Waals surface area contributed by atoms with E-state index in [4.69, 9.17) is 0 Å². The molecule has 0 N–H and O–H groups in total. The summed E-state index contributed by atoms with van der Waals surface area (Å²) >= 11 is 0. The minimum absolute atomic E-state index is 0.456. The van der Waals surface area contributed by atoms with Gasteiger partial charge in [0, 0.05) is 14.0 Å². The summed E-state index contributed by atoms with van der Waals surface area (Å²) in [5, 5.41) is 0. The zero-order chi connectivity index (χ0) is 11.7. The third-order valence-electron chi connectivity index (χ3n) is 2.63. The van der Waals surface area contributed by atoms with Gasteiger partial charge in [0.2, 0.25) is 14.1 Å². The summed E-state index contributed by atoms with van der Waals surface area (Å²) in [5.74, 6) is -0.456. The molecule has 6 heteroatoms. The Bertz CT molecular complexity index is 231. The molecule has 0 aromatic carbocycles. The fourth-order valence-electron chi connectivity index (χ4n) is 1.10. The highest BCUT2D eigenvalue weighted by Crippen LogP contribution is 2.34. The van der Waals surface area contributed by atoms with E-state index in [1.807, 2.05) is 0 Å². The van der Waals surface area contributed by atoms with Crippen molar-refractivity contribution in [2.75, 3.05) is 7.05 Å². The topological polar surface area (TPSA) is 20.3 Å². The highest BCUT2D eigenvalue weighted by Gasteiger charge is 2.57. The molecule has 0 heterocycles. The quantitative estimate of drug-likeness (QED) is 0.677. The van der Waals surface area contributed by atoms with E-state index in [0.717, 1.165) is 11.5 Å². The number of carbonyl (C=O) groups excluding carboxylic acids is 1. The van der Waals surface area contributed by atoms with Crippen LogP contribution in [-0.4, -0.2) is 37.5 Å². The van der Waals surface area contributed by atoms with Crippen LogP contribution in [0.5, 0.6) is 0 Å². The van der Waals surface area contributed by atoms with E-state index in [1.54, 1.807) is 0 Å². The number of nitrogens with zero attached hydrogens (tertiary/aromatic N) is 1. The maximum atomic E-state index is 13.4. The van der Waals surface area contributed by atoms with Crippen LogP contribution in [0.1, 0.15) is 13.8 Å². The summed E-state index contributed by atoms with van der Waals surface area (Å²) in [6, 6.07) is 0. The van der Waals surface area contributed by atoms with Gasteiger partial charge in [-0.25, -0.2) is 13.2 Å². The van der Waals surface area contributed by atoms with Crippen molar-refractivity contribution in [3.8, 4) is 0 Å². The first-order valence-electron chi connectivity index (χ1n) is 4.31. The van der Waals surface area contributed by atoms with Crippen LogP contribution in [0, 0.1) is 0 Å². The molecule has 0 aromatic heterocycles. The summed E-state index contributed by atoms with van der Waals surface area (Å²) in [6.45, 7) is 4.59. The standard InChI is InChI=1S/C8H16F3NOSi/c1-6(9)8(10,11)14(4,5)12(3)7(2)13/h6H,1-5H3. The highest BCUT2D eigenvalue weighted by molar-refractivity contribution is 6.79. The van der Waals surface area contributed by atoms with Gasteiger partial charge in [0.1, 0.15) is 0 Å². The molecular formula is C8H16F3NOSi. The molecule has 0 aliphatic rings. The van der Waals surface area contributed by atoms with Crippen LogP contribution in [-0.2, 0) is 4.79 Å². The molecule has 14 heavy (non-hydrogen) atoms. The Labute approximate surface area is 83.2 Å². The summed E-state index contributed by atoms with van der Waals surface area (Å²) in [7, 11) is -2.09. The third kappa shape index (κ3) is 2.10. The maximum Gasteiger partial charge on any atom is 0.280 e. The normalized spacial score (nSPS) is 15.1. The summed E-state index contributed by atoms with van der Waals surface area (Å²) < 4.78 is 40.6. The second-order valence-electron chi connectivity index (χ2n) is 3.88. The predicted octanol–water partition coefficient (Wildman–Crippen LogP) is 2.20. The van der Waals surface area contributed by atoms with Crippen LogP contribution in [0.25, 0.3) is 0 Å². The van der Waals surface area contributed by atoms with Gasteiger partial charge in [-0.3, -0.25) is 4.79 Å². The van der Waals surface area contributed by atoms with Gasteiger partial charge in [-0.15, -0.1) is 0 Å². The van der Waals surface area contributed by atoms with E-state index in [0.29, 0.717) is 0 Å². The lowest BCUT2D eigenvalue weighted by Crippen LogP contribution is -2.64. The Morgan fingerprint density at radius 3 is 2.00 bits per heavy atom. The van der Waals surface area contributed by atoms with Crippen molar-refractivity contribution in [2.24, 2.45) is 0 Å². The number of hydrogen-bond acceptors (Lipinski definition) is 1. The van der Waals surface area contributed by atoms with E-state index in [2.05, 4.69) is 0 Å². The second kappa shape index (κ2) is 3.92. The molecule has 2 nitrogen and oxygen atoms in total. The Hall–Kier alpha value is -0.523. The van der Waals surface area contributed by atoms with E-state index in [1.165, 1.54) is 27.1 Å². The summed E-state index contributed by atoms with van der Waals surface area (Å²) in [4.78, 5) is 11.0. The molecule has 0 radical (unpaired) electrons. The zero-order valence-electron chi connectivity index (χ0n) is 9.07. The van der Waals surface area contributed by atoms with Crippen LogP contribution in [0.2, 0.25) is 13.1 Å². The van der Waals surface area contributed by atoms with Gasteiger partial charge in [0.05, 0.1) is 0 Å². The third-order valence-corrected chi connectivity index (χ3v) is 6.65. The Balaban J connectivity index is 5.03. The summed E-state index contributed by atoms with van der Waals surface area (Å²) in [5.41, 5.74) is -3.42. The van der Waals surface area contributed by atoms with Crippen molar-refractivity contribution in [1.82, 2.24) is 4.57 Å². The van der Waals surface area contributed by atoms with Crippen molar-refractivity contribution >= 4 is 14.1 Å². The average Bonchev–Trinajstić information content (AvgIpc) is 2.01. The molecule has 0 saturated heterocycles. The Morgan fingerprint density at radius 2 is 1.79 bits per heavy atom. The Kier molecular flexibility index (Phi) is 3.77. The number of alkyl halides is 3. The molecule has 84 valence electrons. The number of carbonyl (C=O) groups is 1. The highest BCUT2D eigenvalue weighted by atomic mass is 28.3. The molecular weight excluding hydrogens is 211 g/mol. The molecule has 0 aromatic rings. The zero-order valence-corrected chi connectivity index (χ0v) is 10.1. The van der Waals surface area contributed by atoms with Crippen molar-refractivity contribution < 1.29 is 18.0 Å². The first-order chi connectivity index (χ1) is 6.05. The van der Waals surface area contributed by atoms with Gasteiger partial charge in [-0.05, 0) is 20.0 Å². The van der Waals surface area contributed by atoms with Crippen molar-refractivity contribution in [3.05, 3.63) is 0 Å². The number of amides is 1. The smallest absolute Gasteiger partial charge is 0.280 e. The Morgan fingerprint density at radius 1 is 1.43 bits per heavy atom. The van der Waals surface area contributed by atoms with Crippen LogP contribution in [0.15, 0.2) is 0 Å². The predicted molar refractivity (Wildman–Crippen MR) is 51.4 cm³/mol. The molecule has 0 aliphatic heterocycles. The van der Waals surface area contributed by atoms with Crippen molar-refractivity contribution in [3.63, 3.8) is 0 Å². The first kappa shape index (κ1) is 13.5. The molecule has 0 aliphatic carbocycles. The van der Waals surface area contributed by atoms with Gasteiger partial charge < -0.3 is 4.57 Å². The molecule has 0 spiro atoms. The molecule has 0 fully saturated rings. The van der Waals surface area contributed by atoms with Gasteiger partial charge in [-0.1, -0.05) is 0 Å².